The Balaban J connectivity index is 2.33. The first-order valence-electron chi connectivity index (χ1n) is 6.89. The van der Waals surface area contributed by atoms with Crippen LogP contribution < -0.4 is 15.4 Å². The molecule has 110 valence electrons. The van der Waals surface area contributed by atoms with Crippen LogP contribution in [0.15, 0.2) is 18.2 Å². The molecule has 2 unspecified atom stereocenters. The molecule has 1 heterocycles. The third-order valence-electron chi connectivity index (χ3n) is 3.85. The molecular weight excluding hydrogens is 258 g/mol. The van der Waals surface area contributed by atoms with Gasteiger partial charge in [0.15, 0.2) is 5.75 Å². The molecule has 0 spiro atoms. The monoisotopic (exact) mass is 279 g/mol. The van der Waals surface area contributed by atoms with Gasteiger partial charge in [0.1, 0.15) is 0 Å². The average Bonchev–Trinajstić information content (AvgIpc) is 2.46. The predicted molar refractivity (Wildman–Crippen MR) is 78.3 cm³/mol. The number of nitrogens with zero attached hydrogens (tertiary/aromatic N) is 2. The SMILES string of the molecule is COc1cc(N2CCCCC2C(C)N)ccc1[N+](=O)[O-]. The minimum absolute atomic E-state index is 0.00870. The molecule has 1 aromatic rings. The molecule has 1 fully saturated rings. The molecule has 2 N–H and O–H groups in total. The van der Waals surface area contributed by atoms with Gasteiger partial charge in [0.25, 0.3) is 0 Å². The highest BCUT2D eigenvalue weighted by molar-refractivity contribution is 5.60. The zero-order valence-corrected chi connectivity index (χ0v) is 11.9. The molecule has 0 aromatic heterocycles. The number of benzene rings is 1. The zero-order valence-electron chi connectivity index (χ0n) is 11.9. The summed E-state index contributed by atoms with van der Waals surface area (Å²) in [5.41, 5.74) is 6.99. The number of methoxy groups -OCH3 is 1. The summed E-state index contributed by atoms with van der Waals surface area (Å²) >= 11 is 0. The van der Waals surface area contributed by atoms with E-state index < -0.39 is 4.92 Å². The highest BCUT2D eigenvalue weighted by Gasteiger charge is 2.27. The predicted octanol–water partition coefficient (Wildman–Crippen LogP) is 2.31. The van der Waals surface area contributed by atoms with Crippen molar-refractivity contribution in [1.29, 1.82) is 0 Å². The van der Waals surface area contributed by atoms with Crippen LogP contribution in [-0.2, 0) is 0 Å². The topological polar surface area (TPSA) is 81.6 Å². The molecule has 2 atom stereocenters. The molecular formula is C14H21N3O3. The molecule has 1 aliphatic heterocycles. The van der Waals surface area contributed by atoms with Gasteiger partial charge in [-0.3, -0.25) is 10.1 Å². The third-order valence-corrected chi connectivity index (χ3v) is 3.85. The van der Waals surface area contributed by atoms with Crippen molar-refractivity contribution in [2.75, 3.05) is 18.6 Å². The second-order valence-corrected chi connectivity index (χ2v) is 5.23. The van der Waals surface area contributed by atoms with Crippen molar-refractivity contribution in [2.24, 2.45) is 5.73 Å². The van der Waals surface area contributed by atoms with E-state index in [1.165, 1.54) is 19.6 Å². The van der Waals surface area contributed by atoms with Gasteiger partial charge in [-0.1, -0.05) is 0 Å². The molecule has 6 nitrogen and oxygen atoms in total. The summed E-state index contributed by atoms with van der Waals surface area (Å²) in [6, 6.07) is 5.35. The number of rotatable bonds is 4. The van der Waals surface area contributed by atoms with Crippen molar-refractivity contribution in [3.8, 4) is 5.75 Å². The van der Waals surface area contributed by atoms with Crippen LogP contribution in [-0.4, -0.2) is 30.7 Å². The number of hydrogen-bond donors (Lipinski definition) is 1. The van der Waals surface area contributed by atoms with E-state index in [9.17, 15) is 10.1 Å². The van der Waals surface area contributed by atoms with Gasteiger partial charge < -0.3 is 15.4 Å². The second kappa shape index (κ2) is 6.09. The average molecular weight is 279 g/mol. The van der Waals surface area contributed by atoms with Gasteiger partial charge in [0, 0.05) is 36.4 Å². The highest BCUT2D eigenvalue weighted by atomic mass is 16.6. The second-order valence-electron chi connectivity index (χ2n) is 5.23. The third kappa shape index (κ3) is 2.85. The summed E-state index contributed by atoms with van der Waals surface area (Å²) in [5.74, 6) is 0.293. The standard InChI is InChI=1S/C14H21N3O3/c1-10(15)12-5-3-4-8-16(12)11-6-7-13(17(18)19)14(9-11)20-2/h6-7,9-10,12H,3-5,8,15H2,1-2H3. The smallest absolute Gasteiger partial charge is 0.311 e. The molecule has 0 amide bonds. The molecule has 6 heteroatoms. The first-order valence-corrected chi connectivity index (χ1v) is 6.89. The Morgan fingerprint density at radius 3 is 2.85 bits per heavy atom. The highest BCUT2D eigenvalue weighted by Crippen LogP contribution is 2.34. The fraction of sp³-hybridized carbons (Fsp3) is 0.571. The van der Waals surface area contributed by atoms with Gasteiger partial charge in [0.05, 0.1) is 12.0 Å². The molecule has 0 aliphatic carbocycles. The number of nitrogens with two attached hydrogens (primary N) is 1. The Hall–Kier alpha value is -1.82. The zero-order chi connectivity index (χ0) is 14.7. The summed E-state index contributed by atoms with van der Waals surface area (Å²) in [5, 5.41) is 10.9. The minimum Gasteiger partial charge on any atom is -0.490 e. The molecule has 0 saturated carbocycles. The van der Waals surface area contributed by atoms with Gasteiger partial charge in [-0.2, -0.15) is 0 Å². The van der Waals surface area contributed by atoms with E-state index in [0.29, 0.717) is 5.75 Å². The Labute approximate surface area is 118 Å². The first kappa shape index (κ1) is 14.6. The summed E-state index contributed by atoms with van der Waals surface area (Å²) in [6.07, 6.45) is 3.34. The maximum absolute atomic E-state index is 10.9. The van der Waals surface area contributed by atoms with Crippen LogP contribution in [0.25, 0.3) is 0 Å². The lowest BCUT2D eigenvalue weighted by Crippen LogP contribution is -2.49. The Kier molecular flexibility index (Phi) is 4.44. The van der Waals surface area contributed by atoms with Crippen molar-refractivity contribution in [3.05, 3.63) is 28.3 Å². The van der Waals surface area contributed by atoms with Crippen LogP contribution in [0.4, 0.5) is 11.4 Å². The number of nitro benzene ring substituents is 1. The van der Waals surface area contributed by atoms with Gasteiger partial charge in [-0.15, -0.1) is 0 Å². The van der Waals surface area contributed by atoms with Crippen LogP contribution in [0.1, 0.15) is 26.2 Å². The van der Waals surface area contributed by atoms with E-state index in [1.54, 1.807) is 12.1 Å². The van der Waals surface area contributed by atoms with Gasteiger partial charge in [-0.05, 0) is 32.3 Å². The molecule has 0 bridgehead atoms. The van der Waals surface area contributed by atoms with Gasteiger partial charge >= 0.3 is 5.69 Å². The quantitative estimate of drug-likeness (QED) is 0.675. The molecule has 1 aliphatic rings. The van der Waals surface area contributed by atoms with Crippen molar-refractivity contribution in [3.63, 3.8) is 0 Å². The van der Waals surface area contributed by atoms with Crippen molar-refractivity contribution in [1.82, 2.24) is 0 Å². The lowest BCUT2D eigenvalue weighted by Gasteiger charge is -2.39. The number of piperidine rings is 1. The lowest BCUT2D eigenvalue weighted by atomic mass is 9.96. The lowest BCUT2D eigenvalue weighted by molar-refractivity contribution is -0.385. The summed E-state index contributed by atoms with van der Waals surface area (Å²) < 4.78 is 5.13. The Morgan fingerprint density at radius 1 is 1.50 bits per heavy atom. The van der Waals surface area contributed by atoms with E-state index in [-0.39, 0.29) is 17.8 Å². The van der Waals surface area contributed by atoms with Crippen LogP contribution in [0.5, 0.6) is 5.75 Å². The maximum atomic E-state index is 10.9. The fourth-order valence-electron chi connectivity index (χ4n) is 2.82. The molecule has 1 aromatic carbocycles. The van der Waals surface area contributed by atoms with Crippen LogP contribution in [0.2, 0.25) is 0 Å². The molecule has 0 radical (unpaired) electrons. The van der Waals surface area contributed by atoms with E-state index in [0.717, 1.165) is 25.1 Å². The van der Waals surface area contributed by atoms with Gasteiger partial charge in [-0.25, -0.2) is 0 Å². The maximum Gasteiger partial charge on any atom is 0.311 e. The van der Waals surface area contributed by atoms with E-state index in [2.05, 4.69) is 4.90 Å². The normalized spacial score (nSPS) is 20.6. The molecule has 2 rings (SSSR count). The number of anilines is 1. The van der Waals surface area contributed by atoms with E-state index in [4.69, 9.17) is 10.5 Å². The Bertz CT molecular complexity index is 491. The van der Waals surface area contributed by atoms with Crippen molar-refractivity contribution < 1.29 is 9.66 Å². The van der Waals surface area contributed by atoms with E-state index in [1.807, 2.05) is 6.92 Å². The first-order chi connectivity index (χ1) is 9.54. The van der Waals surface area contributed by atoms with E-state index >= 15 is 0 Å². The van der Waals surface area contributed by atoms with Crippen LogP contribution in [0.3, 0.4) is 0 Å². The summed E-state index contributed by atoms with van der Waals surface area (Å²) in [7, 11) is 1.45. The molecule has 1 saturated heterocycles. The fourth-order valence-corrected chi connectivity index (χ4v) is 2.82. The number of ether oxygens (including phenoxy) is 1. The van der Waals surface area contributed by atoms with Crippen molar-refractivity contribution >= 4 is 11.4 Å². The number of hydrogen-bond acceptors (Lipinski definition) is 5. The van der Waals surface area contributed by atoms with Crippen LogP contribution in [0, 0.1) is 10.1 Å². The number of nitro groups is 1. The van der Waals surface area contributed by atoms with Gasteiger partial charge in [0.2, 0.25) is 0 Å². The minimum atomic E-state index is -0.429. The summed E-state index contributed by atoms with van der Waals surface area (Å²) in [6.45, 7) is 2.93. The largest absolute Gasteiger partial charge is 0.490 e. The van der Waals surface area contributed by atoms with Crippen molar-refractivity contribution in [2.45, 2.75) is 38.3 Å². The Morgan fingerprint density at radius 2 is 2.25 bits per heavy atom. The summed E-state index contributed by atoms with van der Waals surface area (Å²) in [4.78, 5) is 12.7. The molecule has 20 heavy (non-hydrogen) atoms. The van der Waals surface area contributed by atoms with Crippen LogP contribution >= 0.6 is 0 Å².